The molecule has 0 aliphatic heterocycles. The Morgan fingerprint density at radius 1 is 1.06 bits per heavy atom. The molecule has 0 saturated heterocycles. The van der Waals surface area contributed by atoms with Crippen molar-refractivity contribution in [3.63, 3.8) is 0 Å². The molecule has 0 aliphatic carbocycles. The van der Waals surface area contributed by atoms with Gasteiger partial charge in [0.25, 0.3) is 0 Å². The first kappa shape index (κ1) is 13.2. The molecule has 0 atom stereocenters. The molecule has 0 spiro atoms. The highest BCUT2D eigenvalue weighted by Gasteiger charge is 2.02. The van der Waals surface area contributed by atoms with Crippen molar-refractivity contribution in [1.82, 2.24) is 5.32 Å². The lowest BCUT2D eigenvalue weighted by molar-refractivity contribution is 0.587. The highest BCUT2D eigenvalue weighted by molar-refractivity contribution is 9.10. The molecule has 2 rings (SSSR count). The zero-order valence-electron chi connectivity index (χ0n) is 10.2. The summed E-state index contributed by atoms with van der Waals surface area (Å²) in [5.74, 6) is -0.180. The zero-order chi connectivity index (χ0) is 13.0. The predicted molar refractivity (Wildman–Crippen MR) is 75.8 cm³/mol. The number of hydrogen-bond acceptors (Lipinski definition) is 1. The summed E-state index contributed by atoms with van der Waals surface area (Å²) in [6, 6.07) is 13.5. The molecule has 94 valence electrons. The minimum absolute atomic E-state index is 0.180. The fourth-order valence-corrected chi connectivity index (χ4v) is 2.05. The molecule has 0 amide bonds. The number of rotatable bonds is 4. The molecule has 0 saturated carbocycles. The average Bonchev–Trinajstić information content (AvgIpc) is 2.34. The monoisotopic (exact) mass is 307 g/mol. The van der Waals surface area contributed by atoms with Gasteiger partial charge in [0.15, 0.2) is 0 Å². The van der Waals surface area contributed by atoms with Crippen LogP contribution in [0.25, 0.3) is 0 Å². The summed E-state index contributed by atoms with van der Waals surface area (Å²) in [5, 5.41) is 3.24. The summed E-state index contributed by atoms with van der Waals surface area (Å²) in [6.45, 7) is 3.34. The summed E-state index contributed by atoms with van der Waals surface area (Å²) in [6.07, 6.45) is 0. The Hall–Kier alpha value is -1.19. The number of aryl methyl sites for hydroxylation is 1. The van der Waals surface area contributed by atoms with Crippen molar-refractivity contribution < 1.29 is 4.39 Å². The number of hydrogen-bond donors (Lipinski definition) is 1. The van der Waals surface area contributed by atoms with E-state index in [4.69, 9.17) is 0 Å². The molecular weight excluding hydrogens is 293 g/mol. The highest BCUT2D eigenvalue weighted by atomic mass is 79.9. The Labute approximate surface area is 115 Å². The normalized spacial score (nSPS) is 10.6. The second-order valence-electron chi connectivity index (χ2n) is 4.32. The van der Waals surface area contributed by atoms with Gasteiger partial charge >= 0.3 is 0 Å². The van der Waals surface area contributed by atoms with Crippen LogP contribution in [-0.2, 0) is 13.1 Å². The maximum absolute atomic E-state index is 13.6. The van der Waals surface area contributed by atoms with Crippen molar-refractivity contribution >= 4 is 15.9 Å². The van der Waals surface area contributed by atoms with E-state index in [-0.39, 0.29) is 5.82 Å². The van der Waals surface area contributed by atoms with Gasteiger partial charge in [-0.15, -0.1) is 0 Å². The van der Waals surface area contributed by atoms with Crippen LogP contribution in [0.3, 0.4) is 0 Å². The van der Waals surface area contributed by atoms with Crippen molar-refractivity contribution in [1.29, 1.82) is 0 Å². The Balaban J connectivity index is 1.90. The molecule has 3 heteroatoms. The standard InChI is InChI=1S/C15H15BrFN/c1-11-2-4-12(5-3-11)9-18-10-13-6-7-14(16)8-15(13)17/h2-8,18H,9-10H2,1H3. The van der Waals surface area contributed by atoms with E-state index in [1.54, 1.807) is 6.07 Å². The third-order valence-electron chi connectivity index (χ3n) is 2.78. The van der Waals surface area contributed by atoms with Crippen LogP contribution in [-0.4, -0.2) is 0 Å². The predicted octanol–water partition coefficient (Wildman–Crippen LogP) is 4.19. The third kappa shape index (κ3) is 3.65. The molecule has 2 aromatic rings. The van der Waals surface area contributed by atoms with Gasteiger partial charge in [-0.05, 0) is 24.6 Å². The first-order valence-corrected chi connectivity index (χ1v) is 6.64. The Kier molecular flexibility index (Phi) is 4.50. The van der Waals surface area contributed by atoms with Gasteiger partial charge < -0.3 is 5.32 Å². The molecule has 0 unspecified atom stereocenters. The summed E-state index contributed by atoms with van der Waals surface area (Å²) in [5.41, 5.74) is 3.14. The van der Waals surface area contributed by atoms with Crippen molar-refractivity contribution in [3.8, 4) is 0 Å². The highest BCUT2D eigenvalue weighted by Crippen LogP contribution is 2.15. The topological polar surface area (TPSA) is 12.0 Å². The largest absolute Gasteiger partial charge is 0.309 e. The van der Waals surface area contributed by atoms with E-state index < -0.39 is 0 Å². The second kappa shape index (κ2) is 6.12. The van der Waals surface area contributed by atoms with Gasteiger partial charge in [-0.1, -0.05) is 51.8 Å². The fourth-order valence-electron chi connectivity index (χ4n) is 1.71. The lowest BCUT2D eigenvalue weighted by Gasteiger charge is -2.07. The van der Waals surface area contributed by atoms with Gasteiger partial charge in [-0.3, -0.25) is 0 Å². The Morgan fingerprint density at radius 3 is 2.44 bits per heavy atom. The number of benzene rings is 2. The van der Waals surface area contributed by atoms with Crippen LogP contribution in [0.15, 0.2) is 46.9 Å². The van der Waals surface area contributed by atoms with Crippen LogP contribution >= 0.6 is 15.9 Å². The zero-order valence-corrected chi connectivity index (χ0v) is 11.8. The first-order valence-electron chi connectivity index (χ1n) is 5.85. The van der Waals surface area contributed by atoms with Crippen LogP contribution in [0.2, 0.25) is 0 Å². The quantitative estimate of drug-likeness (QED) is 0.893. The molecule has 0 radical (unpaired) electrons. The van der Waals surface area contributed by atoms with Crippen LogP contribution in [0.1, 0.15) is 16.7 Å². The minimum Gasteiger partial charge on any atom is -0.309 e. The molecule has 0 aromatic heterocycles. The van der Waals surface area contributed by atoms with Gasteiger partial charge in [-0.25, -0.2) is 4.39 Å². The summed E-state index contributed by atoms with van der Waals surface area (Å²) >= 11 is 3.25. The molecule has 2 aromatic carbocycles. The van der Waals surface area contributed by atoms with Crippen molar-refractivity contribution in [2.45, 2.75) is 20.0 Å². The second-order valence-corrected chi connectivity index (χ2v) is 5.24. The number of nitrogens with one attached hydrogen (secondary N) is 1. The smallest absolute Gasteiger partial charge is 0.128 e. The van der Waals surface area contributed by atoms with Crippen LogP contribution in [0.5, 0.6) is 0 Å². The van der Waals surface area contributed by atoms with E-state index in [0.29, 0.717) is 12.1 Å². The van der Waals surface area contributed by atoms with Crippen LogP contribution in [0.4, 0.5) is 4.39 Å². The third-order valence-corrected chi connectivity index (χ3v) is 3.27. The molecule has 0 fully saturated rings. The average molecular weight is 308 g/mol. The van der Waals surface area contributed by atoms with Crippen molar-refractivity contribution in [2.24, 2.45) is 0 Å². The molecule has 0 bridgehead atoms. The van der Waals surface area contributed by atoms with Gasteiger partial charge in [-0.2, -0.15) is 0 Å². The van der Waals surface area contributed by atoms with E-state index in [1.807, 2.05) is 6.07 Å². The van der Waals surface area contributed by atoms with Crippen molar-refractivity contribution in [2.75, 3.05) is 0 Å². The van der Waals surface area contributed by atoms with E-state index in [9.17, 15) is 4.39 Å². The van der Waals surface area contributed by atoms with E-state index in [1.165, 1.54) is 17.2 Å². The molecule has 1 nitrogen and oxygen atoms in total. The van der Waals surface area contributed by atoms with Gasteiger partial charge in [0, 0.05) is 23.1 Å². The summed E-state index contributed by atoms with van der Waals surface area (Å²) < 4.78 is 14.3. The summed E-state index contributed by atoms with van der Waals surface area (Å²) in [4.78, 5) is 0. The van der Waals surface area contributed by atoms with Crippen LogP contribution in [0, 0.1) is 12.7 Å². The van der Waals surface area contributed by atoms with E-state index in [0.717, 1.165) is 11.0 Å². The summed E-state index contributed by atoms with van der Waals surface area (Å²) in [7, 11) is 0. The SMILES string of the molecule is Cc1ccc(CNCc2ccc(Br)cc2F)cc1. The van der Waals surface area contributed by atoms with Crippen molar-refractivity contribution in [3.05, 3.63) is 69.4 Å². The first-order chi connectivity index (χ1) is 8.65. The lowest BCUT2D eigenvalue weighted by atomic mass is 10.1. The van der Waals surface area contributed by atoms with E-state index >= 15 is 0 Å². The van der Waals surface area contributed by atoms with Gasteiger partial charge in [0.05, 0.1) is 0 Å². The van der Waals surface area contributed by atoms with Gasteiger partial charge in [0.2, 0.25) is 0 Å². The van der Waals surface area contributed by atoms with Gasteiger partial charge in [0.1, 0.15) is 5.82 Å². The molecule has 0 aliphatic rings. The Morgan fingerprint density at radius 2 is 1.78 bits per heavy atom. The minimum atomic E-state index is -0.180. The fraction of sp³-hybridized carbons (Fsp3) is 0.200. The number of halogens is 2. The molecule has 1 N–H and O–H groups in total. The van der Waals surface area contributed by atoms with E-state index in [2.05, 4.69) is 52.4 Å². The maximum Gasteiger partial charge on any atom is 0.128 e. The molecule has 18 heavy (non-hydrogen) atoms. The van der Waals surface area contributed by atoms with Crippen LogP contribution < -0.4 is 5.32 Å². The molecule has 0 heterocycles. The maximum atomic E-state index is 13.6. The lowest BCUT2D eigenvalue weighted by Crippen LogP contribution is -2.13. The molecular formula is C15H15BrFN. The Bertz CT molecular complexity index is 523.